The highest BCUT2D eigenvalue weighted by molar-refractivity contribution is 9.10. The molecule has 1 aliphatic heterocycles. The van der Waals surface area contributed by atoms with E-state index >= 15 is 0 Å². The predicted octanol–water partition coefficient (Wildman–Crippen LogP) is 4.20. The molecule has 3 nitrogen and oxygen atoms in total. The van der Waals surface area contributed by atoms with Crippen LogP contribution in [0.3, 0.4) is 0 Å². The van der Waals surface area contributed by atoms with Crippen LogP contribution < -0.4 is 9.80 Å². The summed E-state index contributed by atoms with van der Waals surface area (Å²) in [6.45, 7) is 3.09. The Kier molecular flexibility index (Phi) is 3.99. The fourth-order valence-corrected chi connectivity index (χ4v) is 3.15. The number of rotatable bonds is 2. The third kappa shape index (κ3) is 3.10. The lowest BCUT2D eigenvalue weighted by Crippen LogP contribution is -2.43. The van der Waals surface area contributed by atoms with E-state index < -0.39 is 5.72 Å². The molecule has 0 aromatic heterocycles. The number of hydrogen-bond donors (Lipinski definition) is 1. The van der Waals surface area contributed by atoms with Crippen molar-refractivity contribution in [2.24, 2.45) is 0 Å². The van der Waals surface area contributed by atoms with Gasteiger partial charge >= 0.3 is 0 Å². The lowest BCUT2D eigenvalue weighted by Gasteiger charge is -2.30. The molecule has 0 saturated carbocycles. The molecule has 0 spiro atoms. The first-order valence-electron chi connectivity index (χ1n) is 6.72. The van der Waals surface area contributed by atoms with Crippen LogP contribution in [0.4, 0.5) is 11.4 Å². The molecular weight excluding hydrogens is 396 g/mol. The lowest BCUT2D eigenvalue weighted by atomic mass is 10.2. The maximum Gasteiger partial charge on any atom is 0.154 e. The minimum absolute atomic E-state index is 0.574. The minimum Gasteiger partial charge on any atom is -0.369 e. The number of β-amino-alcohol motifs (C(OH)–C–C–N with tert-alkyl or cyclic N) is 1. The standard InChI is InChI=1S/C16H16Br2N2O/c1-16(21)10-19(14-6-2-12(17)3-7-14)11-20(16)15-8-4-13(18)5-9-15/h2-9,21H,10-11H2,1H3. The van der Waals surface area contributed by atoms with Gasteiger partial charge in [0.2, 0.25) is 0 Å². The van der Waals surface area contributed by atoms with E-state index in [9.17, 15) is 5.11 Å². The molecule has 0 bridgehead atoms. The zero-order chi connectivity index (χ0) is 15.0. The second-order valence-corrected chi connectivity index (χ2v) is 7.27. The van der Waals surface area contributed by atoms with E-state index in [2.05, 4.69) is 48.9 Å². The Labute approximate surface area is 141 Å². The van der Waals surface area contributed by atoms with Gasteiger partial charge in [-0.1, -0.05) is 31.9 Å². The summed E-state index contributed by atoms with van der Waals surface area (Å²) in [6, 6.07) is 16.2. The van der Waals surface area contributed by atoms with E-state index in [1.165, 1.54) is 0 Å². The van der Waals surface area contributed by atoms with E-state index in [4.69, 9.17) is 0 Å². The van der Waals surface area contributed by atoms with Gasteiger partial charge in [0.05, 0.1) is 13.2 Å². The molecule has 1 heterocycles. The van der Waals surface area contributed by atoms with Crippen molar-refractivity contribution in [3.63, 3.8) is 0 Å². The predicted molar refractivity (Wildman–Crippen MR) is 93.6 cm³/mol. The van der Waals surface area contributed by atoms with Crippen molar-refractivity contribution in [3.8, 4) is 0 Å². The molecule has 1 atom stereocenters. The van der Waals surface area contributed by atoms with Gasteiger partial charge in [0.25, 0.3) is 0 Å². The molecule has 1 fully saturated rings. The summed E-state index contributed by atoms with van der Waals surface area (Å²) in [5, 5.41) is 10.7. The number of benzene rings is 2. The number of halogens is 2. The van der Waals surface area contributed by atoms with E-state index in [1.54, 1.807) is 0 Å². The molecule has 2 aromatic rings. The third-order valence-corrected chi connectivity index (χ3v) is 4.77. The molecule has 1 saturated heterocycles. The van der Waals surface area contributed by atoms with Crippen LogP contribution in [0.15, 0.2) is 57.5 Å². The van der Waals surface area contributed by atoms with Gasteiger partial charge < -0.3 is 14.9 Å². The van der Waals surface area contributed by atoms with Crippen molar-refractivity contribution >= 4 is 43.2 Å². The molecule has 21 heavy (non-hydrogen) atoms. The van der Waals surface area contributed by atoms with Crippen molar-refractivity contribution in [3.05, 3.63) is 57.5 Å². The molecule has 3 rings (SSSR count). The van der Waals surface area contributed by atoms with Crippen LogP contribution in [0, 0.1) is 0 Å². The topological polar surface area (TPSA) is 26.7 Å². The first-order chi connectivity index (χ1) is 9.95. The Morgan fingerprint density at radius 3 is 1.90 bits per heavy atom. The molecule has 1 N–H and O–H groups in total. The zero-order valence-corrected chi connectivity index (χ0v) is 14.8. The minimum atomic E-state index is -0.888. The SMILES string of the molecule is CC1(O)CN(c2ccc(Br)cc2)CN1c1ccc(Br)cc1. The molecular formula is C16H16Br2N2O. The van der Waals surface area contributed by atoms with Gasteiger partial charge in [-0.3, -0.25) is 0 Å². The molecule has 1 unspecified atom stereocenters. The summed E-state index contributed by atoms with van der Waals surface area (Å²) in [6.07, 6.45) is 0. The normalized spacial score (nSPS) is 21.9. The smallest absolute Gasteiger partial charge is 0.154 e. The van der Waals surface area contributed by atoms with Crippen LogP contribution >= 0.6 is 31.9 Å². The second-order valence-electron chi connectivity index (χ2n) is 5.44. The Morgan fingerprint density at radius 2 is 1.38 bits per heavy atom. The number of aliphatic hydroxyl groups is 1. The van der Waals surface area contributed by atoms with Crippen molar-refractivity contribution in [2.45, 2.75) is 12.6 Å². The van der Waals surface area contributed by atoms with Gasteiger partial charge in [-0.15, -0.1) is 0 Å². The van der Waals surface area contributed by atoms with Gasteiger partial charge in [0, 0.05) is 20.3 Å². The van der Waals surface area contributed by atoms with Crippen LogP contribution in [-0.4, -0.2) is 24.0 Å². The Balaban J connectivity index is 1.86. The lowest BCUT2D eigenvalue weighted by molar-refractivity contribution is 0.0860. The highest BCUT2D eigenvalue weighted by Gasteiger charge is 2.39. The molecule has 0 aliphatic carbocycles. The molecule has 1 aliphatic rings. The summed E-state index contributed by atoms with van der Waals surface area (Å²) in [5.41, 5.74) is 1.24. The first kappa shape index (κ1) is 14.9. The van der Waals surface area contributed by atoms with Crippen LogP contribution in [0.1, 0.15) is 6.92 Å². The monoisotopic (exact) mass is 410 g/mol. The van der Waals surface area contributed by atoms with Gasteiger partial charge in [0.15, 0.2) is 5.72 Å². The molecule has 110 valence electrons. The van der Waals surface area contributed by atoms with Gasteiger partial charge in [-0.25, -0.2) is 0 Å². The number of nitrogens with zero attached hydrogens (tertiary/aromatic N) is 2. The van der Waals surface area contributed by atoms with E-state index in [1.807, 2.05) is 48.2 Å². The quantitative estimate of drug-likeness (QED) is 0.801. The van der Waals surface area contributed by atoms with E-state index in [0.717, 1.165) is 20.3 Å². The zero-order valence-electron chi connectivity index (χ0n) is 11.6. The van der Waals surface area contributed by atoms with Crippen LogP contribution in [0.25, 0.3) is 0 Å². The van der Waals surface area contributed by atoms with Gasteiger partial charge in [-0.2, -0.15) is 0 Å². The molecule has 5 heteroatoms. The van der Waals surface area contributed by atoms with Crippen LogP contribution in [-0.2, 0) is 0 Å². The van der Waals surface area contributed by atoms with Crippen LogP contribution in [0.2, 0.25) is 0 Å². The summed E-state index contributed by atoms with van der Waals surface area (Å²) >= 11 is 6.89. The van der Waals surface area contributed by atoms with Crippen LogP contribution in [0.5, 0.6) is 0 Å². The molecule has 2 aromatic carbocycles. The van der Waals surface area contributed by atoms with Crippen molar-refractivity contribution in [1.29, 1.82) is 0 Å². The van der Waals surface area contributed by atoms with Gasteiger partial charge in [0.1, 0.15) is 0 Å². The number of hydrogen-bond acceptors (Lipinski definition) is 3. The second kappa shape index (κ2) is 5.63. The van der Waals surface area contributed by atoms with E-state index in [0.29, 0.717) is 13.2 Å². The number of anilines is 2. The Morgan fingerprint density at radius 1 is 0.905 bits per heavy atom. The average Bonchev–Trinajstić information content (AvgIpc) is 2.76. The summed E-state index contributed by atoms with van der Waals surface area (Å²) in [7, 11) is 0. The fraction of sp³-hybridized carbons (Fsp3) is 0.250. The van der Waals surface area contributed by atoms with E-state index in [-0.39, 0.29) is 0 Å². The first-order valence-corrected chi connectivity index (χ1v) is 8.30. The third-order valence-electron chi connectivity index (χ3n) is 3.71. The van der Waals surface area contributed by atoms with Crippen molar-refractivity contribution in [2.75, 3.05) is 23.0 Å². The largest absolute Gasteiger partial charge is 0.369 e. The Bertz CT molecular complexity index is 626. The average molecular weight is 412 g/mol. The maximum absolute atomic E-state index is 10.7. The highest BCUT2D eigenvalue weighted by atomic mass is 79.9. The van der Waals surface area contributed by atoms with Crippen molar-refractivity contribution in [1.82, 2.24) is 0 Å². The van der Waals surface area contributed by atoms with Crippen molar-refractivity contribution < 1.29 is 5.11 Å². The highest BCUT2D eigenvalue weighted by Crippen LogP contribution is 2.32. The van der Waals surface area contributed by atoms with Gasteiger partial charge in [-0.05, 0) is 55.5 Å². The maximum atomic E-state index is 10.7. The molecule has 0 amide bonds. The fourth-order valence-electron chi connectivity index (χ4n) is 2.63. The Hall–Kier alpha value is -1.04. The summed E-state index contributed by atoms with van der Waals surface area (Å²) < 4.78 is 2.09. The molecule has 0 radical (unpaired) electrons. The summed E-state index contributed by atoms with van der Waals surface area (Å²) in [4.78, 5) is 4.19. The summed E-state index contributed by atoms with van der Waals surface area (Å²) in [5.74, 6) is 0.